The molecular formula is C11H17ClN2O2. The number of benzene rings is 1. The van der Waals surface area contributed by atoms with Crippen LogP contribution in [-0.2, 0) is 0 Å². The Hall–Kier alpha value is -1.26. The number of halogens is 1. The van der Waals surface area contributed by atoms with Gasteiger partial charge in [0.2, 0.25) is 0 Å². The summed E-state index contributed by atoms with van der Waals surface area (Å²) in [5, 5.41) is 2.56. The molecule has 0 aliphatic carbocycles. The normalized spacial score (nSPS) is 11.2. The minimum Gasteiger partial charge on any atom is -0.496 e. The van der Waals surface area contributed by atoms with Crippen LogP contribution in [0.4, 0.5) is 0 Å². The number of ether oxygens (including phenoxy) is 1. The van der Waals surface area contributed by atoms with E-state index in [1.54, 1.807) is 19.2 Å². The second kappa shape index (κ2) is 6.35. The number of carbonyl (C=O) groups is 1. The lowest BCUT2D eigenvalue weighted by atomic mass is 10.0. The van der Waals surface area contributed by atoms with Crippen molar-refractivity contribution in [3.63, 3.8) is 0 Å². The van der Waals surface area contributed by atoms with Crippen LogP contribution >= 0.6 is 12.4 Å². The molecule has 0 aromatic heterocycles. The van der Waals surface area contributed by atoms with E-state index < -0.39 is 0 Å². The maximum atomic E-state index is 11.5. The van der Waals surface area contributed by atoms with E-state index in [9.17, 15) is 4.79 Å². The summed E-state index contributed by atoms with van der Waals surface area (Å²) in [6.07, 6.45) is 0. The van der Waals surface area contributed by atoms with Gasteiger partial charge in [0.1, 0.15) is 5.75 Å². The Balaban J connectivity index is 0.00000225. The van der Waals surface area contributed by atoms with Crippen molar-refractivity contribution in [1.29, 1.82) is 0 Å². The lowest BCUT2D eigenvalue weighted by Gasteiger charge is -2.11. The van der Waals surface area contributed by atoms with Crippen molar-refractivity contribution in [3.8, 4) is 5.75 Å². The van der Waals surface area contributed by atoms with Crippen LogP contribution < -0.4 is 15.8 Å². The highest BCUT2D eigenvalue weighted by atomic mass is 35.5. The molecule has 0 radical (unpaired) electrons. The van der Waals surface area contributed by atoms with Crippen molar-refractivity contribution >= 4 is 18.3 Å². The molecule has 0 heterocycles. The zero-order valence-electron chi connectivity index (χ0n) is 9.61. The molecule has 0 spiro atoms. The molecule has 4 nitrogen and oxygen atoms in total. The van der Waals surface area contributed by atoms with Gasteiger partial charge in [0.05, 0.1) is 12.7 Å². The molecule has 1 atom stereocenters. The van der Waals surface area contributed by atoms with Crippen molar-refractivity contribution in [2.75, 3.05) is 14.2 Å². The van der Waals surface area contributed by atoms with E-state index in [-0.39, 0.29) is 24.4 Å². The monoisotopic (exact) mass is 244 g/mol. The fourth-order valence-electron chi connectivity index (χ4n) is 1.32. The molecule has 0 aliphatic heterocycles. The van der Waals surface area contributed by atoms with E-state index in [1.807, 2.05) is 13.0 Å². The summed E-state index contributed by atoms with van der Waals surface area (Å²) in [7, 11) is 3.12. The topological polar surface area (TPSA) is 64.4 Å². The van der Waals surface area contributed by atoms with Crippen molar-refractivity contribution in [2.24, 2.45) is 5.73 Å². The fraction of sp³-hybridized carbons (Fsp3) is 0.364. The van der Waals surface area contributed by atoms with Gasteiger partial charge in [0.25, 0.3) is 5.91 Å². The number of methoxy groups -OCH3 is 1. The maximum absolute atomic E-state index is 11.5. The first-order chi connectivity index (χ1) is 7.10. The molecule has 0 fully saturated rings. The van der Waals surface area contributed by atoms with Crippen LogP contribution in [0.5, 0.6) is 5.75 Å². The number of carbonyl (C=O) groups excluding carboxylic acids is 1. The Bertz CT molecular complexity index is 367. The summed E-state index contributed by atoms with van der Waals surface area (Å²) >= 11 is 0. The van der Waals surface area contributed by atoms with E-state index in [0.717, 1.165) is 5.56 Å². The SMILES string of the molecule is CNC(=O)c1cc([C@H](C)N)ccc1OC.Cl. The largest absolute Gasteiger partial charge is 0.496 e. The van der Waals surface area contributed by atoms with Crippen LogP contribution in [0.2, 0.25) is 0 Å². The van der Waals surface area contributed by atoms with Crippen LogP contribution in [0, 0.1) is 0 Å². The average molecular weight is 245 g/mol. The molecule has 0 bridgehead atoms. The van der Waals surface area contributed by atoms with Gasteiger partial charge in [-0.1, -0.05) is 6.07 Å². The van der Waals surface area contributed by atoms with Crippen molar-refractivity contribution in [3.05, 3.63) is 29.3 Å². The summed E-state index contributed by atoms with van der Waals surface area (Å²) < 4.78 is 5.10. The van der Waals surface area contributed by atoms with Gasteiger partial charge >= 0.3 is 0 Å². The summed E-state index contributed by atoms with van der Waals surface area (Å²) in [5.41, 5.74) is 7.16. The molecule has 1 aromatic rings. The smallest absolute Gasteiger partial charge is 0.254 e. The van der Waals surface area contributed by atoms with Crippen LogP contribution in [0.3, 0.4) is 0 Å². The molecule has 1 aromatic carbocycles. The quantitative estimate of drug-likeness (QED) is 0.847. The fourth-order valence-corrected chi connectivity index (χ4v) is 1.32. The van der Waals surface area contributed by atoms with Crippen LogP contribution in [0.1, 0.15) is 28.9 Å². The Kier molecular flexibility index (Phi) is 5.85. The van der Waals surface area contributed by atoms with Gasteiger partial charge in [-0.05, 0) is 24.6 Å². The number of hydrogen-bond acceptors (Lipinski definition) is 3. The number of hydrogen-bond donors (Lipinski definition) is 2. The molecule has 0 saturated heterocycles. The summed E-state index contributed by atoms with van der Waals surface area (Å²) in [6, 6.07) is 5.26. The van der Waals surface area contributed by atoms with Gasteiger partial charge < -0.3 is 15.8 Å². The standard InChI is InChI=1S/C11H16N2O2.ClH/c1-7(12)8-4-5-10(15-3)9(6-8)11(14)13-2;/h4-7H,12H2,1-3H3,(H,13,14);1H/t7-;/m0./s1. The number of amides is 1. The molecular weight excluding hydrogens is 228 g/mol. The highest BCUT2D eigenvalue weighted by Crippen LogP contribution is 2.22. The van der Waals surface area contributed by atoms with Crippen molar-refractivity contribution in [1.82, 2.24) is 5.32 Å². The molecule has 0 unspecified atom stereocenters. The highest BCUT2D eigenvalue weighted by Gasteiger charge is 2.12. The van der Waals surface area contributed by atoms with Crippen molar-refractivity contribution < 1.29 is 9.53 Å². The Morgan fingerprint density at radius 1 is 1.50 bits per heavy atom. The van der Waals surface area contributed by atoms with Crippen molar-refractivity contribution in [2.45, 2.75) is 13.0 Å². The van der Waals surface area contributed by atoms with E-state index >= 15 is 0 Å². The third-order valence-electron chi connectivity index (χ3n) is 2.22. The van der Waals surface area contributed by atoms with Gasteiger partial charge in [-0.25, -0.2) is 0 Å². The number of rotatable bonds is 3. The van der Waals surface area contributed by atoms with Gasteiger partial charge in [0, 0.05) is 13.1 Å². The van der Waals surface area contributed by atoms with Gasteiger partial charge in [-0.3, -0.25) is 4.79 Å². The van der Waals surface area contributed by atoms with Gasteiger partial charge in [0.15, 0.2) is 0 Å². The van der Waals surface area contributed by atoms with Crippen LogP contribution in [0.15, 0.2) is 18.2 Å². The van der Waals surface area contributed by atoms with Gasteiger partial charge in [-0.2, -0.15) is 0 Å². The Labute approximate surface area is 102 Å². The van der Waals surface area contributed by atoms with E-state index in [1.165, 1.54) is 7.11 Å². The zero-order chi connectivity index (χ0) is 11.4. The predicted molar refractivity (Wildman–Crippen MR) is 66.2 cm³/mol. The molecule has 90 valence electrons. The van der Waals surface area contributed by atoms with E-state index in [0.29, 0.717) is 11.3 Å². The summed E-state index contributed by atoms with van der Waals surface area (Å²) in [5.74, 6) is 0.383. The van der Waals surface area contributed by atoms with E-state index in [2.05, 4.69) is 5.32 Å². The first-order valence-electron chi connectivity index (χ1n) is 4.75. The predicted octanol–water partition coefficient (Wildman–Crippen LogP) is 1.50. The minimum absolute atomic E-state index is 0. The number of nitrogens with two attached hydrogens (primary N) is 1. The summed E-state index contributed by atoms with van der Waals surface area (Å²) in [4.78, 5) is 11.5. The third-order valence-corrected chi connectivity index (χ3v) is 2.22. The molecule has 0 aliphatic rings. The lowest BCUT2D eigenvalue weighted by Crippen LogP contribution is -2.19. The Morgan fingerprint density at radius 2 is 2.12 bits per heavy atom. The third kappa shape index (κ3) is 3.12. The number of nitrogens with one attached hydrogen (secondary N) is 1. The second-order valence-electron chi connectivity index (χ2n) is 3.33. The minimum atomic E-state index is -0.172. The summed E-state index contributed by atoms with van der Waals surface area (Å²) in [6.45, 7) is 1.87. The van der Waals surface area contributed by atoms with Crippen LogP contribution in [-0.4, -0.2) is 20.1 Å². The lowest BCUT2D eigenvalue weighted by molar-refractivity contribution is 0.0960. The molecule has 16 heavy (non-hydrogen) atoms. The van der Waals surface area contributed by atoms with Crippen LogP contribution in [0.25, 0.3) is 0 Å². The zero-order valence-corrected chi connectivity index (χ0v) is 10.4. The van der Waals surface area contributed by atoms with E-state index in [4.69, 9.17) is 10.5 Å². The first kappa shape index (κ1) is 14.7. The van der Waals surface area contributed by atoms with Gasteiger partial charge in [-0.15, -0.1) is 12.4 Å². The Morgan fingerprint density at radius 3 is 2.56 bits per heavy atom. The molecule has 0 saturated carbocycles. The first-order valence-corrected chi connectivity index (χ1v) is 4.75. The molecule has 3 N–H and O–H groups in total. The molecule has 5 heteroatoms. The molecule has 1 amide bonds. The second-order valence-corrected chi connectivity index (χ2v) is 3.33. The maximum Gasteiger partial charge on any atom is 0.254 e. The molecule has 1 rings (SSSR count). The average Bonchev–Trinajstić information content (AvgIpc) is 2.27. The highest BCUT2D eigenvalue weighted by molar-refractivity contribution is 5.96.